The molecule has 2 aromatic rings. The fourth-order valence-corrected chi connectivity index (χ4v) is 1.84. The molecule has 0 aliphatic heterocycles. The topological polar surface area (TPSA) is 9.23 Å². The average molecular weight is 262 g/mol. The molecule has 0 heterocycles. The molecule has 0 aliphatic carbocycles. The Morgan fingerprint density at radius 1 is 0.895 bits per heavy atom. The lowest BCUT2D eigenvalue weighted by Gasteiger charge is -2.08. The first-order valence-corrected chi connectivity index (χ1v) is 6.29. The van der Waals surface area contributed by atoms with Crippen molar-refractivity contribution in [3.8, 4) is 0 Å². The highest BCUT2D eigenvalue weighted by atomic mass is 19.1. The van der Waals surface area contributed by atoms with Crippen LogP contribution in [-0.4, -0.2) is 0 Å². The second-order valence-electron chi connectivity index (χ2n) is 4.37. The van der Waals surface area contributed by atoms with Gasteiger partial charge < -0.3 is 4.74 Å². The summed E-state index contributed by atoms with van der Waals surface area (Å²) in [5.74, 6) is -1.07. The van der Waals surface area contributed by atoms with E-state index in [0.29, 0.717) is 18.6 Å². The molecule has 0 saturated carbocycles. The zero-order valence-corrected chi connectivity index (χ0v) is 10.8. The van der Waals surface area contributed by atoms with Crippen LogP contribution in [0.1, 0.15) is 23.6 Å². The summed E-state index contributed by atoms with van der Waals surface area (Å²) in [5, 5.41) is 0. The minimum absolute atomic E-state index is 0.00636. The Hall–Kier alpha value is -1.74. The standard InChI is InChI=1S/C16H16F2O/c1-2-12-8-15(17)14(16(18)9-12)11-19-10-13-6-4-3-5-7-13/h3-9H,2,10-11H2,1H3. The quantitative estimate of drug-likeness (QED) is 0.783. The van der Waals surface area contributed by atoms with Gasteiger partial charge in [-0.25, -0.2) is 8.78 Å². The molecule has 3 heteroatoms. The SMILES string of the molecule is CCc1cc(F)c(COCc2ccccc2)c(F)c1. The summed E-state index contributed by atoms with van der Waals surface area (Å²) in [6.07, 6.45) is 0.610. The van der Waals surface area contributed by atoms with Crippen LogP contribution in [0.3, 0.4) is 0 Å². The van der Waals surface area contributed by atoms with Crippen molar-refractivity contribution >= 4 is 0 Å². The van der Waals surface area contributed by atoms with Crippen molar-refractivity contribution in [2.75, 3.05) is 0 Å². The summed E-state index contributed by atoms with van der Waals surface area (Å²) >= 11 is 0. The third-order valence-corrected chi connectivity index (χ3v) is 2.97. The van der Waals surface area contributed by atoms with Crippen LogP contribution in [0.4, 0.5) is 8.78 Å². The van der Waals surface area contributed by atoms with E-state index in [0.717, 1.165) is 5.56 Å². The third kappa shape index (κ3) is 3.61. The second kappa shape index (κ2) is 6.43. The molecule has 0 unspecified atom stereocenters. The lowest BCUT2D eigenvalue weighted by molar-refractivity contribution is 0.102. The zero-order chi connectivity index (χ0) is 13.7. The van der Waals surface area contributed by atoms with Crippen molar-refractivity contribution < 1.29 is 13.5 Å². The molecule has 2 rings (SSSR count). The van der Waals surface area contributed by atoms with Crippen molar-refractivity contribution in [2.45, 2.75) is 26.6 Å². The third-order valence-electron chi connectivity index (χ3n) is 2.97. The van der Waals surface area contributed by atoms with E-state index in [2.05, 4.69) is 0 Å². The highest BCUT2D eigenvalue weighted by molar-refractivity contribution is 5.26. The average Bonchev–Trinajstić information content (AvgIpc) is 2.42. The fraction of sp³-hybridized carbons (Fsp3) is 0.250. The monoisotopic (exact) mass is 262 g/mol. The molecule has 0 radical (unpaired) electrons. The molecule has 100 valence electrons. The van der Waals surface area contributed by atoms with Crippen LogP contribution in [0, 0.1) is 11.6 Å². The van der Waals surface area contributed by atoms with Crippen molar-refractivity contribution in [2.24, 2.45) is 0 Å². The normalized spacial score (nSPS) is 10.7. The molecule has 19 heavy (non-hydrogen) atoms. The van der Waals surface area contributed by atoms with Crippen molar-refractivity contribution in [3.05, 3.63) is 70.8 Å². The summed E-state index contributed by atoms with van der Waals surface area (Å²) in [6.45, 7) is 2.14. The summed E-state index contributed by atoms with van der Waals surface area (Å²) in [4.78, 5) is 0. The van der Waals surface area contributed by atoms with Gasteiger partial charge in [0, 0.05) is 5.56 Å². The molecule has 0 saturated heterocycles. The molecular weight excluding hydrogens is 246 g/mol. The first-order chi connectivity index (χ1) is 9.20. The zero-order valence-electron chi connectivity index (χ0n) is 10.8. The van der Waals surface area contributed by atoms with E-state index in [1.165, 1.54) is 12.1 Å². The predicted octanol–water partition coefficient (Wildman–Crippen LogP) is 4.24. The molecule has 0 aliphatic rings. The summed E-state index contributed by atoms with van der Waals surface area (Å²) in [5.41, 5.74) is 1.63. The van der Waals surface area contributed by atoms with Crippen molar-refractivity contribution in [1.82, 2.24) is 0 Å². The van der Waals surface area contributed by atoms with Gasteiger partial charge in [0.15, 0.2) is 0 Å². The molecule has 0 spiro atoms. The molecule has 0 aromatic heterocycles. The molecule has 0 amide bonds. The Balaban J connectivity index is 2.00. The number of hydrogen-bond donors (Lipinski definition) is 0. The maximum atomic E-state index is 13.7. The van der Waals surface area contributed by atoms with E-state index in [9.17, 15) is 8.78 Å². The Kier molecular flexibility index (Phi) is 4.63. The van der Waals surface area contributed by atoms with Crippen LogP contribution >= 0.6 is 0 Å². The fourth-order valence-electron chi connectivity index (χ4n) is 1.84. The molecule has 0 N–H and O–H groups in total. The summed E-state index contributed by atoms with van der Waals surface area (Å²) in [7, 11) is 0. The Morgan fingerprint density at radius 2 is 1.53 bits per heavy atom. The van der Waals surface area contributed by atoms with Gasteiger partial charge in [0.2, 0.25) is 0 Å². The Bertz CT molecular complexity index is 515. The lowest BCUT2D eigenvalue weighted by Crippen LogP contribution is -2.01. The number of hydrogen-bond acceptors (Lipinski definition) is 1. The van der Waals surface area contributed by atoms with E-state index in [-0.39, 0.29) is 12.2 Å². The number of benzene rings is 2. The Morgan fingerprint density at radius 3 is 2.11 bits per heavy atom. The first-order valence-electron chi connectivity index (χ1n) is 6.29. The van der Waals surface area contributed by atoms with Crippen LogP contribution in [0.2, 0.25) is 0 Å². The van der Waals surface area contributed by atoms with Crippen LogP contribution in [0.25, 0.3) is 0 Å². The highest BCUT2D eigenvalue weighted by Gasteiger charge is 2.10. The summed E-state index contributed by atoms with van der Waals surface area (Å²) < 4.78 is 32.8. The number of rotatable bonds is 5. The minimum Gasteiger partial charge on any atom is -0.372 e. The molecule has 2 aromatic carbocycles. The highest BCUT2D eigenvalue weighted by Crippen LogP contribution is 2.17. The van der Waals surface area contributed by atoms with Crippen molar-refractivity contribution in [3.63, 3.8) is 0 Å². The lowest BCUT2D eigenvalue weighted by atomic mass is 10.1. The number of ether oxygens (including phenoxy) is 1. The van der Waals surface area contributed by atoms with Gasteiger partial charge >= 0.3 is 0 Å². The largest absolute Gasteiger partial charge is 0.372 e. The number of halogens is 2. The minimum atomic E-state index is -0.537. The van der Waals surface area contributed by atoms with Crippen molar-refractivity contribution in [1.29, 1.82) is 0 Å². The molecular formula is C16H16F2O. The van der Waals surface area contributed by atoms with Gasteiger partial charge in [-0.1, -0.05) is 37.3 Å². The van der Waals surface area contributed by atoms with Gasteiger partial charge in [-0.05, 0) is 29.7 Å². The molecule has 1 nitrogen and oxygen atoms in total. The molecule has 0 fully saturated rings. The van der Waals surface area contributed by atoms with E-state index in [4.69, 9.17) is 4.74 Å². The van der Waals surface area contributed by atoms with E-state index in [1.54, 1.807) is 0 Å². The van der Waals surface area contributed by atoms with Gasteiger partial charge in [0.1, 0.15) is 11.6 Å². The van der Waals surface area contributed by atoms with Crippen LogP contribution in [-0.2, 0) is 24.4 Å². The van der Waals surface area contributed by atoms with Gasteiger partial charge in [-0.2, -0.15) is 0 Å². The van der Waals surface area contributed by atoms with E-state index in [1.807, 2.05) is 37.3 Å². The van der Waals surface area contributed by atoms with Gasteiger partial charge in [-0.15, -0.1) is 0 Å². The van der Waals surface area contributed by atoms with E-state index >= 15 is 0 Å². The van der Waals surface area contributed by atoms with Crippen LogP contribution in [0.5, 0.6) is 0 Å². The predicted molar refractivity (Wildman–Crippen MR) is 70.7 cm³/mol. The summed E-state index contributed by atoms with van der Waals surface area (Å²) in [6, 6.07) is 12.3. The smallest absolute Gasteiger partial charge is 0.131 e. The van der Waals surface area contributed by atoms with Gasteiger partial charge in [-0.3, -0.25) is 0 Å². The first kappa shape index (κ1) is 13.7. The van der Waals surface area contributed by atoms with Crippen LogP contribution in [0.15, 0.2) is 42.5 Å². The maximum absolute atomic E-state index is 13.7. The maximum Gasteiger partial charge on any atom is 0.131 e. The van der Waals surface area contributed by atoms with E-state index < -0.39 is 11.6 Å². The molecule has 0 atom stereocenters. The van der Waals surface area contributed by atoms with Gasteiger partial charge in [0.05, 0.1) is 13.2 Å². The van der Waals surface area contributed by atoms with Crippen LogP contribution < -0.4 is 0 Å². The Labute approximate surface area is 111 Å². The number of aryl methyl sites for hydroxylation is 1. The molecule has 0 bridgehead atoms. The second-order valence-corrected chi connectivity index (χ2v) is 4.37. The van der Waals surface area contributed by atoms with Gasteiger partial charge in [0.25, 0.3) is 0 Å².